The number of aliphatic hydroxyl groups excluding tert-OH is 1. The summed E-state index contributed by atoms with van der Waals surface area (Å²) in [5.74, 6) is -2.23. The van der Waals surface area contributed by atoms with E-state index in [-0.39, 0.29) is 24.0 Å². The van der Waals surface area contributed by atoms with Crippen LogP contribution in [0.25, 0.3) is 0 Å². The van der Waals surface area contributed by atoms with Crippen molar-refractivity contribution in [3.63, 3.8) is 0 Å². The molecule has 0 spiro atoms. The fraction of sp³-hybridized carbons (Fsp3) is 0.300. The van der Waals surface area contributed by atoms with E-state index in [2.05, 4.69) is 0 Å². The van der Waals surface area contributed by atoms with Crippen molar-refractivity contribution in [2.24, 2.45) is 0 Å². The first kappa shape index (κ1) is 17.5. The molecule has 27 heavy (non-hydrogen) atoms. The van der Waals surface area contributed by atoms with Gasteiger partial charge in [-0.3, -0.25) is 9.59 Å². The smallest absolute Gasteiger partial charge is 0.290 e. The molecule has 1 aromatic carbocycles. The van der Waals surface area contributed by atoms with Gasteiger partial charge < -0.3 is 19.2 Å². The Morgan fingerprint density at radius 2 is 2.04 bits per heavy atom. The van der Waals surface area contributed by atoms with Crippen LogP contribution in [0, 0.1) is 5.82 Å². The first-order chi connectivity index (χ1) is 13.1. The molecule has 1 fully saturated rings. The molecule has 1 N–H and O–H groups in total. The second-order valence-corrected chi connectivity index (χ2v) is 6.62. The lowest BCUT2D eigenvalue weighted by atomic mass is 9.95. The van der Waals surface area contributed by atoms with Crippen LogP contribution in [0.1, 0.15) is 35.0 Å². The summed E-state index contributed by atoms with van der Waals surface area (Å²) in [6, 6.07) is 7.71. The number of ketones is 1. The van der Waals surface area contributed by atoms with Gasteiger partial charge in [0.25, 0.3) is 5.91 Å². The molecule has 3 heterocycles. The lowest BCUT2D eigenvalue weighted by Gasteiger charge is -2.28. The Balaban J connectivity index is 1.75. The molecule has 0 unspecified atom stereocenters. The Morgan fingerprint density at radius 3 is 2.67 bits per heavy atom. The molecular formula is C20H18FNO5. The number of amides is 1. The summed E-state index contributed by atoms with van der Waals surface area (Å²) in [5, 5.41) is 10.5. The van der Waals surface area contributed by atoms with Crippen molar-refractivity contribution >= 4 is 11.7 Å². The van der Waals surface area contributed by atoms with Crippen LogP contribution in [0.2, 0.25) is 0 Å². The van der Waals surface area contributed by atoms with Gasteiger partial charge in [0.1, 0.15) is 5.82 Å². The number of hydrogen-bond donors (Lipinski definition) is 1. The Hall–Kier alpha value is -2.93. The number of carbonyl (C=O) groups excluding carboxylic acids is 2. The van der Waals surface area contributed by atoms with Gasteiger partial charge in [-0.05, 0) is 42.7 Å². The van der Waals surface area contributed by atoms with E-state index in [1.807, 2.05) is 0 Å². The third-order valence-corrected chi connectivity index (χ3v) is 4.90. The highest BCUT2D eigenvalue weighted by atomic mass is 19.1. The number of aliphatic hydroxyl groups is 1. The SMILES string of the molecule is O=C(C1=C(O)C(=O)N(C[C@@H]2CCCO2)[C@@H]1c1ccc(F)cc1)c1ccco1. The number of rotatable bonds is 5. The van der Waals surface area contributed by atoms with Crippen molar-refractivity contribution in [2.45, 2.75) is 25.0 Å². The minimum Gasteiger partial charge on any atom is -0.503 e. The van der Waals surface area contributed by atoms with Crippen LogP contribution in [0.15, 0.2) is 58.4 Å². The molecular weight excluding hydrogens is 353 g/mol. The van der Waals surface area contributed by atoms with Gasteiger partial charge in [-0.1, -0.05) is 12.1 Å². The number of hydrogen-bond acceptors (Lipinski definition) is 5. The number of nitrogens with zero attached hydrogens (tertiary/aromatic N) is 1. The molecule has 0 aliphatic carbocycles. The van der Waals surface area contributed by atoms with E-state index >= 15 is 0 Å². The summed E-state index contributed by atoms with van der Waals surface area (Å²) in [7, 11) is 0. The largest absolute Gasteiger partial charge is 0.503 e. The van der Waals surface area contributed by atoms with E-state index in [0.29, 0.717) is 12.2 Å². The Labute approximate surface area is 154 Å². The summed E-state index contributed by atoms with van der Waals surface area (Å²) in [4.78, 5) is 27.0. The standard InChI is InChI=1S/C20H18FNO5/c21-13-7-5-12(6-8-13)17-16(18(23)15-4-2-10-27-15)19(24)20(25)22(17)11-14-3-1-9-26-14/h2,4-8,10,14,17,24H,1,3,9,11H2/t14-,17+/m0/s1. The van der Waals surface area contributed by atoms with E-state index in [1.54, 1.807) is 6.07 Å². The van der Waals surface area contributed by atoms with Crippen LogP contribution in [0.5, 0.6) is 0 Å². The number of benzene rings is 1. The Kier molecular flexibility index (Phi) is 4.53. The molecule has 6 nitrogen and oxygen atoms in total. The highest BCUT2D eigenvalue weighted by molar-refractivity contribution is 6.15. The Bertz CT molecular complexity index is 882. The monoisotopic (exact) mass is 371 g/mol. The zero-order valence-corrected chi connectivity index (χ0v) is 14.4. The topological polar surface area (TPSA) is 80.0 Å². The molecule has 2 aliphatic heterocycles. The van der Waals surface area contributed by atoms with Gasteiger partial charge in [0.05, 0.1) is 24.0 Å². The van der Waals surface area contributed by atoms with E-state index in [9.17, 15) is 19.1 Å². The van der Waals surface area contributed by atoms with E-state index in [0.717, 1.165) is 12.8 Å². The lowest BCUT2D eigenvalue weighted by Crippen LogP contribution is -2.37. The first-order valence-corrected chi connectivity index (χ1v) is 8.75. The van der Waals surface area contributed by atoms with Gasteiger partial charge in [0.2, 0.25) is 5.78 Å². The van der Waals surface area contributed by atoms with Gasteiger partial charge in [-0.15, -0.1) is 0 Å². The molecule has 1 aromatic heterocycles. The molecule has 0 bridgehead atoms. The van der Waals surface area contributed by atoms with E-state index in [4.69, 9.17) is 9.15 Å². The minimum absolute atomic E-state index is 0.0235. The summed E-state index contributed by atoms with van der Waals surface area (Å²) in [5.41, 5.74) is 0.459. The fourth-order valence-electron chi connectivity index (χ4n) is 3.61. The summed E-state index contributed by atoms with van der Waals surface area (Å²) < 4.78 is 24.2. The van der Waals surface area contributed by atoms with E-state index < -0.39 is 29.3 Å². The van der Waals surface area contributed by atoms with Gasteiger partial charge >= 0.3 is 0 Å². The predicted molar refractivity (Wildman–Crippen MR) is 92.5 cm³/mol. The second-order valence-electron chi connectivity index (χ2n) is 6.62. The third-order valence-electron chi connectivity index (χ3n) is 4.90. The average molecular weight is 371 g/mol. The molecule has 7 heteroatoms. The van der Waals surface area contributed by atoms with Crippen LogP contribution in [-0.2, 0) is 9.53 Å². The van der Waals surface area contributed by atoms with Crippen LogP contribution in [0.4, 0.5) is 4.39 Å². The molecule has 140 valence electrons. The molecule has 2 aromatic rings. The van der Waals surface area contributed by atoms with Gasteiger partial charge in [-0.2, -0.15) is 0 Å². The Morgan fingerprint density at radius 1 is 1.26 bits per heavy atom. The zero-order chi connectivity index (χ0) is 19.0. The van der Waals surface area contributed by atoms with Gasteiger partial charge in [0, 0.05) is 13.2 Å². The maximum atomic E-state index is 13.4. The van der Waals surface area contributed by atoms with Gasteiger partial charge in [0.15, 0.2) is 11.5 Å². The lowest BCUT2D eigenvalue weighted by molar-refractivity contribution is -0.131. The maximum absolute atomic E-state index is 13.4. The molecule has 4 rings (SSSR count). The zero-order valence-electron chi connectivity index (χ0n) is 14.4. The second kappa shape index (κ2) is 7.00. The van der Waals surface area contributed by atoms with Crippen molar-refractivity contribution in [2.75, 3.05) is 13.2 Å². The quantitative estimate of drug-likeness (QED) is 0.817. The molecule has 1 saturated heterocycles. The highest BCUT2D eigenvalue weighted by Crippen LogP contribution is 2.39. The normalized spacial score (nSPS) is 22.7. The number of carbonyl (C=O) groups is 2. The molecule has 0 saturated carbocycles. The van der Waals surface area contributed by atoms with Crippen molar-refractivity contribution in [3.8, 4) is 0 Å². The maximum Gasteiger partial charge on any atom is 0.290 e. The number of Topliss-reactive ketones (excluding diaryl/α,β-unsaturated/α-hetero) is 1. The fourth-order valence-corrected chi connectivity index (χ4v) is 3.61. The number of furan rings is 1. The molecule has 0 radical (unpaired) electrons. The average Bonchev–Trinajstić information content (AvgIpc) is 3.41. The number of ether oxygens (including phenoxy) is 1. The summed E-state index contributed by atoms with van der Waals surface area (Å²) in [6.07, 6.45) is 2.87. The van der Waals surface area contributed by atoms with E-state index in [1.165, 1.54) is 41.5 Å². The van der Waals surface area contributed by atoms with Crippen molar-refractivity contribution in [3.05, 3.63) is 71.1 Å². The molecule has 2 aliphatic rings. The van der Waals surface area contributed by atoms with Gasteiger partial charge in [-0.25, -0.2) is 4.39 Å². The predicted octanol–water partition coefficient (Wildman–Crippen LogP) is 3.18. The summed E-state index contributed by atoms with van der Waals surface area (Å²) in [6.45, 7) is 0.853. The summed E-state index contributed by atoms with van der Waals surface area (Å²) >= 11 is 0. The van der Waals surface area contributed by atoms with Crippen molar-refractivity contribution in [1.82, 2.24) is 4.90 Å². The van der Waals surface area contributed by atoms with Crippen LogP contribution >= 0.6 is 0 Å². The van der Waals surface area contributed by atoms with Crippen LogP contribution in [0.3, 0.4) is 0 Å². The minimum atomic E-state index is -0.833. The molecule has 1 amide bonds. The van der Waals surface area contributed by atoms with Crippen molar-refractivity contribution in [1.29, 1.82) is 0 Å². The third kappa shape index (κ3) is 3.14. The highest BCUT2D eigenvalue weighted by Gasteiger charge is 2.45. The van der Waals surface area contributed by atoms with Crippen LogP contribution in [-0.4, -0.2) is 41.0 Å². The van der Waals surface area contributed by atoms with Crippen LogP contribution < -0.4 is 0 Å². The number of halogens is 1. The molecule has 2 atom stereocenters. The van der Waals surface area contributed by atoms with Crippen molar-refractivity contribution < 1.29 is 28.2 Å². The first-order valence-electron chi connectivity index (χ1n) is 8.75.